The number of rotatable bonds is 8. The molecule has 0 fully saturated rings. The molecule has 0 radical (unpaired) electrons. The number of hydrogen-bond acceptors (Lipinski definition) is 5. The van der Waals surface area contributed by atoms with Crippen LogP contribution in [-0.2, 0) is 6.54 Å². The summed E-state index contributed by atoms with van der Waals surface area (Å²) in [5, 5.41) is 14.2. The Morgan fingerprint density at radius 2 is 1.96 bits per heavy atom. The van der Waals surface area contributed by atoms with Gasteiger partial charge < -0.3 is 24.9 Å². The van der Waals surface area contributed by atoms with E-state index in [9.17, 15) is 9.90 Å². The first kappa shape index (κ1) is 18.9. The van der Waals surface area contributed by atoms with E-state index in [0.29, 0.717) is 30.2 Å². The first-order chi connectivity index (χ1) is 13.0. The minimum atomic E-state index is -0.696. The van der Waals surface area contributed by atoms with Gasteiger partial charge in [-0.1, -0.05) is 18.2 Å². The summed E-state index contributed by atoms with van der Waals surface area (Å²) in [6, 6.07) is 15.0. The number of methoxy groups -OCH3 is 1. The third-order valence-electron chi connectivity index (χ3n) is 4.26. The number of ether oxygens (including phenoxy) is 2. The van der Waals surface area contributed by atoms with Gasteiger partial charge in [-0.25, -0.2) is 0 Å². The number of H-pyrrole nitrogens is 1. The molecule has 3 rings (SSSR count). The zero-order valence-electron chi connectivity index (χ0n) is 15.5. The zero-order valence-corrected chi connectivity index (χ0v) is 15.5. The number of benzene rings is 2. The van der Waals surface area contributed by atoms with E-state index in [1.807, 2.05) is 43.3 Å². The van der Waals surface area contributed by atoms with Crippen molar-refractivity contribution >= 4 is 10.9 Å². The van der Waals surface area contributed by atoms with Crippen molar-refractivity contribution in [1.82, 2.24) is 10.3 Å². The summed E-state index contributed by atoms with van der Waals surface area (Å²) < 4.78 is 10.7. The highest BCUT2D eigenvalue weighted by molar-refractivity contribution is 5.79. The number of aryl methyl sites for hydroxylation is 1. The normalized spacial score (nSPS) is 12.1. The fraction of sp³-hybridized carbons (Fsp3) is 0.286. The van der Waals surface area contributed by atoms with Gasteiger partial charge in [0, 0.05) is 30.2 Å². The molecule has 0 aliphatic rings. The molecule has 27 heavy (non-hydrogen) atoms. The molecule has 1 heterocycles. The fourth-order valence-electron chi connectivity index (χ4n) is 2.81. The molecule has 0 spiro atoms. The Bertz CT molecular complexity index is 968. The Balaban J connectivity index is 1.51. The molecular weight excluding hydrogens is 344 g/mol. The third kappa shape index (κ3) is 5.09. The van der Waals surface area contributed by atoms with E-state index in [2.05, 4.69) is 10.3 Å². The van der Waals surface area contributed by atoms with Crippen LogP contribution in [0.15, 0.2) is 53.3 Å². The molecule has 0 amide bonds. The largest absolute Gasteiger partial charge is 0.497 e. The van der Waals surface area contributed by atoms with Gasteiger partial charge in [0.25, 0.3) is 5.56 Å². The zero-order chi connectivity index (χ0) is 19.2. The van der Waals surface area contributed by atoms with E-state index in [1.54, 1.807) is 19.2 Å². The molecule has 2 aromatic carbocycles. The third-order valence-corrected chi connectivity index (χ3v) is 4.26. The molecule has 6 heteroatoms. The SMILES string of the molecule is COc1cccc(OCC(O)CNCc2cc3ccc(C)cc3[nH]c2=O)c1. The first-order valence-electron chi connectivity index (χ1n) is 8.83. The molecule has 6 nitrogen and oxygen atoms in total. The lowest BCUT2D eigenvalue weighted by molar-refractivity contribution is 0.106. The van der Waals surface area contributed by atoms with Crippen LogP contribution in [0, 0.1) is 6.92 Å². The highest BCUT2D eigenvalue weighted by atomic mass is 16.5. The molecule has 3 aromatic rings. The lowest BCUT2D eigenvalue weighted by atomic mass is 10.1. The van der Waals surface area contributed by atoms with Crippen LogP contribution in [0.25, 0.3) is 10.9 Å². The number of aromatic amines is 1. The van der Waals surface area contributed by atoms with Crippen molar-refractivity contribution in [3.8, 4) is 11.5 Å². The van der Waals surface area contributed by atoms with Crippen molar-refractivity contribution < 1.29 is 14.6 Å². The Labute approximate surface area is 157 Å². The molecule has 1 unspecified atom stereocenters. The molecule has 0 saturated heterocycles. The average molecular weight is 368 g/mol. The van der Waals surface area contributed by atoms with Crippen LogP contribution in [0.4, 0.5) is 0 Å². The summed E-state index contributed by atoms with van der Waals surface area (Å²) in [5.74, 6) is 1.33. The smallest absolute Gasteiger partial charge is 0.252 e. The Morgan fingerprint density at radius 1 is 1.15 bits per heavy atom. The maximum absolute atomic E-state index is 12.2. The van der Waals surface area contributed by atoms with Gasteiger partial charge in [-0.2, -0.15) is 0 Å². The van der Waals surface area contributed by atoms with E-state index in [-0.39, 0.29) is 12.2 Å². The second-order valence-corrected chi connectivity index (χ2v) is 6.49. The minimum absolute atomic E-state index is 0.122. The van der Waals surface area contributed by atoms with Gasteiger partial charge in [0.15, 0.2) is 0 Å². The molecule has 142 valence electrons. The number of fused-ring (bicyclic) bond motifs is 1. The van der Waals surface area contributed by atoms with Crippen LogP contribution >= 0.6 is 0 Å². The molecule has 3 N–H and O–H groups in total. The topological polar surface area (TPSA) is 83.6 Å². The second kappa shape index (κ2) is 8.70. The van der Waals surface area contributed by atoms with Crippen LogP contribution in [0.2, 0.25) is 0 Å². The maximum atomic E-state index is 12.2. The van der Waals surface area contributed by atoms with E-state index in [4.69, 9.17) is 9.47 Å². The molecule has 0 aliphatic heterocycles. The van der Waals surface area contributed by atoms with E-state index in [0.717, 1.165) is 16.5 Å². The number of hydrogen-bond donors (Lipinski definition) is 3. The number of aliphatic hydroxyl groups is 1. The van der Waals surface area contributed by atoms with Gasteiger partial charge in [0.05, 0.1) is 7.11 Å². The van der Waals surface area contributed by atoms with Gasteiger partial charge in [0.2, 0.25) is 0 Å². The predicted molar refractivity (Wildman–Crippen MR) is 106 cm³/mol. The van der Waals surface area contributed by atoms with Crippen molar-refractivity contribution in [2.75, 3.05) is 20.3 Å². The fourth-order valence-corrected chi connectivity index (χ4v) is 2.81. The number of aromatic nitrogens is 1. The van der Waals surface area contributed by atoms with Crippen molar-refractivity contribution in [3.05, 3.63) is 70.0 Å². The summed E-state index contributed by atoms with van der Waals surface area (Å²) in [7, 11) is 1.59. The molecule has 0 aliphatic carbocycles. The minimum Gasteiger partial charge on any atom is -0.497 e. The van der Waals surface area contributed by atoms with Gasteiger partial charge >= 0.3 is 0 Å². The monoisotopic (exact) mass is 368 g/mol. The van der Waals surface area contributed by atoms with E-state index >= 15 is 0 Å². The molecule has 1 aromatic heterocycles. The molecule has 0 bridgehead atoms. The van der Waals surface area contributed by atoms with E-state index in [1.165, 1.54) is 0 Å². The lowest BCUT2D eigenvalue weighted by Gasteiger charge is -2.14. The average Bonchev–Trinajstić information content (AvgIpc) is 2.67. The van der Waals surface area contributed by atoms with Crippen LogP contribution in [0.5, 0.6) is 11.5 Å². The highest BCUT2D eigenvalue weighted by Gasteiger charge is 2.08. The standard InChI is InChI=1S/C21H24N2O4/c1-14-6-7-15-9-16(21(25)23-20(15)8-14)11-22-12-17(24)13-27-19-5-3-4-18(10-19)26-2/h3-10,17,22,24H,11-13H2,1-2H3,(H,23,25). The Morgan fingerprint density at radius 3 is 2.78 bits per heavy atom. The first-order valence-corrected chi connectivity index (χ1v) is 8.83. The second-order valence-electron chi connectivity index (χ2n) is 6.49. The summed E-state index contributed by atoms with van der Waals surface area (Å²) in [6.45, 7) is 2.82. The molecule has 0 saturated carbocycles. The quantitative estimate of drug-likeness (QED) is 0.569. The predicted octanol–water partition coefficient (Wildman–Crippen LogP) is 2.37. The Kier molecular flexibility index (Phi) is 6.11. The summed E-state index contributed by atoms with van der Waals surface area (Å²) >= 11 is 0. The van der Waals surface area contributed by atoms with Gasteiger partial charge in [-0.3, -0.25) is 4.79 Å². The summed E-state index contributed by atoms with van der Waals surface area (Å²) in [4.78, 5) is 15.1. The van der Waals surface area contributed by atoms with Gasteiger partial charge in [-0.05, 0) is 42.1 Å². The van der Waals surface area contributed by atoms with Crippen LogP contribution in [0.1, 0.15) is 11.1 Å². The van der Waals surface area contributed by atoms with Crippen molar-refractivity contribution in [3.63, 3.8) is 0 Å². The van der Waals surface area contributed by atoms with E-state index < -0.39 is 6.10 Å². The van der Waals surface area contributed by atoms with Crippen LogP contribution in [-0.4, -0.2) is 36.5 Å². The van der Waals surface area contributed by atoms with Crippen molar-refractivity contribution in [1.29, 1.82) is 0 Å². The number of aliphatic hydroxyl groups excluding tert-OH is 1. The highest BCUT2D eigenvalue weighted by Crippen LogP contribution is 2.18. The van der Waals surface area contributed by atoms with Crippen LogP contribution in [0.3, 0.4) is 0 Å². The maximum Gasteiger partial charge on any atom is 0.252 e. The molecular formula is C21H24N2O4. The van der Waals surface area contributed by atoms with Crippen LogP contribution < -0.4 is 20.3 Å². The lowest BCUT2D eigenvalue weighted by Crippen LogP contribution is -2.32. The summed E-state index contributed by atoms with van der Waals surface area (Å²) in [6.07, 6.45) is -0.696. The molecule has 1 atom stereocenters. The van der Waals surface area contributed by atoms with Crippen molar-refractivity contribution in [2.24, 2.45) is 0 Å². The van der Waals surface area contributed by atoms with Gasteiger partial charge in [0.1, 0.15) is 24.2 Å². The summed E-state index contributed by atoms with van der Waals surface area (Å²) in [5.41, 5.74) is 2.44. The van der Waals surface area contributed by atoms with Crippen molar-refractivity contribution in [2.45, 2.75) is 19.6 Å². The number of pyridine rings is 1. The Hall–Kier alpha value is -2.83. The van der Waals surface area contributed by atoms with Gasteiger partial charge in [-0.15, -0.1) is 0 Å². The number of nitrogens with one attached hydrogen (secondary N) is 2.